The first-order chi connectivity index (χ1) is 14.4. The van der Waals surface area contributed by atoms with Gasteiger partial charge in [-0.05, 0) is 35.8 Å². The number of halogens is 5. The number of pyridine rings is 1. The SMILES string of the molecule is CC1(C)[C@H](C(=O)N[C@@H](N2C[C@H]3C[C@@H](C2)c2cccc(=O)n2C3)C(Cl)(Cl)Cl)[C@@H]1C=C(Cl)Cl. The Labute approximate surface area is 206 Å². The van der Waals surface area contributed by atoms with Crippen LogP contribution in [0.1, 0.15) is 31.9 Å². The number of allylic oxidation sites excluding steroid dienone is 1. The molecule has 1 aromatic heterocycles. The van der Waals surface area contributed by atoms with Crippen molar-refractivity contribution in [2.24, 2.45) is 23.2 Å². The molecule has 31 heavy (non-hydrogen) atoms. The molecule has 1 aromatic rings. The molecule has 1 N–H and O–H groups in total. The fourth-order valence-corrected chi connectivity index (χ4v) is 6.22. The van der Waals surface area contributed by atoms with Gasteiger partial charge in [-0.25, -0.2) is 0 Å². The highest BCUT2D eigenvalue weighted by Gasteiger charge is 2.61. The molecular weight excluding hydrogens is 504 g/mol. The number of likely N-dealkylation sites (tertiary alicyclic amines) is 1. The molecule has 0 aromatic carbocycles. The normalized spacial score (nSPS) is 30.2. The Morgan fingerprint density at radius 1 is 1.23 bits per heavy atom. The van der Waals surface area contributed by atoms with Gasteiger partial charge in [-0.1, -0.05) is 77.9 Å². The van der Waals surface area contributed by atoms with Crippen LogP contribution in [0.15, 0.2) is 33.6 Å². The summed E-state index contributed by atoms with van der Waals surface area (Å²) in [6.45, 7) is 5.81. The summed E-state index contributed by atoms with van der Waals surface area (Å²) < 4.78 is 0.272. The summed E-state index contributed by atoms with van der Waals surface area (Å²) >= 11 is 30.7. The van der Waals surface area contributed by atoms with Gasteiger partial charge in [0.1, 0.15) is 10.7 Å². The average Bonchev–Trinajstić information content (AvgIpc) is 3.18. The zero-order valence-electron chi connectivity index (χ0n) is 17.1. The molecule has 4 rings (SSSR count). The molecule has 0 spiro atoms. The lowest BCUT2D eigenvalue weighted by Gasteiger charge is -2.47. The van der Waals surface area contributed by atoms with Gasteiger partial charge in [-0.3, -0.25) is 14.5 Å². The van der Waals surface area contributed by atoms with Crippen molar-refractivity contribution in [1.82, 2.24) is 14.8 Å². The maximum Gasteiger partial charge on any atom is 0.250 e. The summed E-state index contributed by atoms with van der Waals surface area (Å²) in [6, 6.07) is 5.35. The first-order valence-corrected chi connectivity index (χ1v) is 12.1. The van der Waals surface area contributed by atoms with Gasteiger partial charge in [0.15, 0.2) is 0 Å². The third kappa shape index (κ3) is 4.64. The number of amides is 1. The molecule has 1 amide bonds. The van der Waals surface area contributed by atoms with Gasteiger partial charge in [-0.2, -0.15) is 0 Å². The summed E-state index contributed by atoms with van der Waals surface area (Å²) in [5, 5.41) is 2.98. The fourth-order valence-electron chi connectivity index (χ4n) is 5.37. The Hall–Kier alpha value is -0.430. The molecule has 5 nitrogen and oxygen atoms in total. The van der Waals surface area contributed by atoms with Crippen molar-refractivity contribution in [3.05, 3.63) is 44.8 Å². The van der Waals surface area contributed by atoms with Crippen LogP contribution in [0, 0.1) is 23.2 Å². The van der Waals surface area contributed by atoms with Crippen molar-refractivity contribution in [3.63, 3.8) is 0 Å². The van der Waals surface area contributed by atoms with Crippen LogP contribution in [-0.4, -0.2) is 38.4 Å². The fraction of sp³-hybridized carbons (Fsp3) is 0.619. The molecule has 1 saturated heterocycles. The van der Waals surface area contributed by atoms with E-state index in [1.807, 2.05) is 29.4 Å². The van der Waals surface area contributed by atoms with E-state index in [-0.39, 0.29) is 45.0 Å². The summed E-state index contributed by atoms with van der Waals surface area (Å²) in [5.41, 5.74) is 0.725. The molecule has 3 heterocycles. The maximum absolute atomic E-state index is 13.1. The van der Waals surface area contributed by atoms with E-state index in [9.17, 15) is 9.59 Å². The smallest absolute Gasteiger partial charge is 0.250 e. The molecule has 3 aliphatic rings. The van der Waals surface area contributed by atoms with Gasteiger partial charge in [0.25, 0.3) is 5.56 Å². The molecule has 1 aliphatic carbocycles. The van der Waals surface area contributed by atoms with Crippen LogP contribution in [0.2, 0.25) is 0 Å². The number of carbonyl (C=O) groups is 1. The van der Waals surface area contributed by atoms with E-state index in [0.717, 1.165) is 12.1 Å². The van der Waals surface area contributed by atoms with Crippen molar-refractivity contribution in [3.8, 4) is 0 Å². The van der Waals surface area contributed by atoms with Crippen molar-refractivity contribution < 1.29 is 4.79 Å². The highest BCUT2D eigenvalue weighted by atomic mass is 35.6. The summed E-state index contributed by atoms with van der Waals surface area (Å²) in [5.74, 6) is -0.201. The van der Waals surface area contributed by atoms with E-state index in [0.29, 0.717) is 19.6 Å². The predicted molar refractivity (Wildman–Crippen MR) is 126 cm³/mol. The number of alkyl halides is 3. The molecule has 2 fully saturated rings. The number of carbonyl (C=O) groups excluding carboxylic acids is 1. The first-order valence-electron chi connectivity index (χ1n) is 10.2. The number of piperidine rings is 1. The molecule has 1 saturated carbocycles. The minimum atomic E-state index is -1.72. The number of hydrogen-bond donors (Lipinski definition) is 1. The summed E-state index contributed by atoms with van der Waals surface area (Å²) in [4.78, 5) is 27.4. The van der Waals surface area contributed by atoms with Crippen LogP contribution >= 0.6 is 58.0 Å². The van der Waals surface area contributed by atoms with Crippen molar-refractivity contribution in [2.75, 3.05) is 13.1 Å². The van der Waals surface area contributed by atoms with E-state index in [1.54, 1.807) is 18.2 Å². The van der Waals surface area contributed by atoms with E-state index in [2.05, 4.69) is 5.32 Å². The van der Waals surface area contributed by atoms with E-state index in [4.69, 9.17) is 58.0 Å². The molecule has 2 aliphatic heterocycles. The number of nitrogens with one attached hydrogen (secondary N) is 1. The standard InChI is InChI=1S/C21H24Cl5N3O2/c1-20(2)13(7-15(22)23)17(20)18(31)27-19(21(24,25)26)28-8-11-6-12(10-28)14-4-3-5-16(30)29(14)9-11/h3-5,7,11-13,17,19H,6,8-10H2,1-2H3,(H,27,31)/t11-,12+,13+,17+,19+/m1/s1. The molecule has 0 radical (unpaired) electrons. The van der Waals surface area contributed by atoms with Crippen LogP contribution in [0.3, 0.4) is 0 Å². The first kappa shape index (κ1) is 23.7. The Morgan fingerprint density at radius 2 is 1.94 bits per heavy atom. The Morgan fingerprint density at radius 3 is 2.58 bits per heavy atom. The van der Waals surface area contributed by atoms with Gasteiger partial charge in [-0.15, -0.1) is 0 Å². The second-order valence-electron chi connectivity index (χ2n) is 9.39. The molecule has 0 unspecified atom stereocenters. The largest absolute Gasteiger partial charge is 0.336 e. The summed E-state index contributed by atoms with van der Waals surface area (Å²) in [6.07, 6.45) is 1.87. The van der Waals surface area contributed by atoms with Gasteiger partial charge < -0.3 is 9.88 Å². The second kappa shape index (κ2) is 8.41. The van der Waals surface area contributed by atoms with Gasteiger partial charge >= 0.3 is 0 Å². The number of aromatic nitrogens is 1. The van der Waals surface area contributed by atoms with Gasteiger partial charge in [0.2, 0.25) is 9.70 Å². The minimum absolute atomic E-state index is 0.0138. The maximum atomic E-state index is 13.1. The number of nitrogens with zero attached hydrogens (tertiary/aromatic N) is 2. The highest BCUT2D eigenvalue weighted by molar-refractivity contribution is 6.68. The lowest BCUT2D eigenvalue weighted by atomic mass is 9.83. The molecule has 10 heteroatoms. The zero-order chi connectivity index (χ0) is 22.7. The minimum Gasteiger partial charge on any atom is -0.336 e. The van der Waals surface area contributed by atoms with Gasteiger partial charge in [0, 0.05) is 37.3 Å². The lowest BCUT2D eigenvalue weighted by Crippen LogP contribution is -2.60. The predicted octanol–water partition coefficient (Wildman–Crippen LogP) is 4.67. The van der Waals surface area contributed by atoms with Crippen molar-refractivity contribution >= 4 is 63.9 Å². The van der Waals surface area contributed by atoms with Crippen LogP contribution in [0.4, 0.5) is 0 Å². The van der Waals surface area contributed by atoms with E-state index in [1.165, 1.54) is 0 Å². The quantitative estimate of drug-likeness (QED) is 0.579. The Bertz CT molecular complexity index is 966. The lowest BCUT2D eigenvalue weighted by molar-refractivity contribution is -0.125. The Balaban J connectivity index is 1.54. The third-order valence-corrected chi connectivity index (χ3v) is 7.83. The molecule has 170 valence electrons. The second-order valence-corrected chi connectivity index (χ2v) is 12.8. The third-order valence-electron chi connectivity index (χ3n) is 6.96. The van der Waals surface area contributed by atoms with Crippen LogP contribution in [-0.2, 0) is 11.3 Å². The monoisotopic (exact) mass is 525 g/mol. The topological polar surface area (TPSA) is 54.3 Å². The number of rotatable bonds is 4. The zero-order valence-corrected chi connectivity index (χ0v) is 20.9. The van der Waals surface area contributed by atoms with Crippen LogP contribution < -0.4 is 10.9 Å². The number of fused-ring (bicyclic) bond motifs is 4. The van der Waals surface area contributed by atoms with E-state index >= 15 is 0 Å². The average molecular weight is 528 g/mol. The van der Waals surface area contributed by atoms with Crippen molar-refractivity contribution in [1.29, 1.82) is 0 Å². The highest BCUT2D eigenvalue weighted by Crippen LogP contribution is 2.60. The number of hydrogen-bond acceptors (Lipinski definition) is 3. The Kier molecular flexibility index (Phi) is 6.44. The molecule has 2 bridgehead atoms. The van der Waals surface area contributed by atoms with Gasteiger partial charge in [0.05, 0.1) is 5.92 Å². The van der Waals surface area contributed by atoms with E-state index < -0.39 is 9.96 Å². The molecular formula is C21H24Cl5N3O2. The molecule has 5 atom stereocenters. The van der Waals surface area contributed by atoms with Crippen LogP contribution in [0.5, 0.6) is 0 Å². The van der Waals surface area contributed by atoms with Crippen LogP contribution in [0.25, 0.3) is 0 Å². The van der Waals surface area contributed by atoms with Crippen molar-refractivity contribution in [2.45, 2.75) is 42.7 Å². The summed E-state index contributed by atoms with van der Waals surface area (Å²) in [7, 11) is 0.